The molecule has 2 N–H and O–H groups in total. The van der Waals surface area contributed by atoms with Crippen molar-refractivity contribution in [2.24, 2.45) is 0 Å². The quantitative estimate of drug-likeness (QED) is 0.504. The fourth-order valence-electron chi connectivity index (χ4n) is 1.92. The van der Waals surface area contributed by atoms with Gasteiger partial charge in [-0.05, 0) is 12.1 Å². The average molecular weight is 334 g/mol. The summed E-state index contributed by atoms with van der Waals surface area (Å²) >= 11 is 1.19. The number of nitrogen functional groups attached to an aromatic ring is 1. The molecule has 9 heteroatoms. The van der Waals surface area contributed by atoms with Crippen molar-refractivity contribution in [2.75, 3.05) is 18.2 Å². The van der Waals surface area contributed by atoms with Crippen molar-refractivity contribution in [1.82, 2.24) is 14.9 Å². The van der Waals surface area contributed by atoms with Crippen molar-refractivity contribution in [3.05, 3.63) is 41.9 Å². The molecule has 0 atom stereocenters. The maximum Gasteiger partial charge on any atom is 0.240 e. The Labute approximate surface area is 134 Å². The zero-order valence-corrected chi connectivity index (χ0v) is 12.5. The van der Waals surface area contributed by atoms with Crippen LogP contribution in [0.5, 0.6) is 0 Å². The summed E-state index contributed by atoms with van der Waals surface area (Å²) < 4.78 is 19.6. The van der Waals surface area contributed by atoms with Gasteiger partial charge in [0.25, 0.3) is 0 Å². The molecule has 23 heavy (non-hydrogen) atoms. The van der Waals surface area contributed by atoms with Crippen LogP contribution in [0.15, 0.2) is 41.3 Å². The van der Waals surface area contributed by atoms with Gasteiger partial charge in [0.2, 0.25) is 16.7 Å². The summed E-state index contributed by atoms with van der Waals surface area (Å²) in [6.45, 7) is -0.255. The summed E-state index contributed by atoms with van der Waals surface area (Å²) in [6, 6.07) is 5.85. The number of carbonyl (C=O) groups is 2. The molecule has 0 saturated heterocycles. The Hall–Kier alpha value is -2.68. The van der Waals surface area contributed by atoms with E-state index < -0.39 is 17.4 Å². The largest absolute Gasteiger partial charge is 0.489 e. The van der Waals surface area contributed by atoms with Gasteiger partial charge in [-0.1, -0.05) is 23.9 Å². The fourth-order valence-corrected chi connectivity index (χ4v) is 2.68. The van der Waals surface area contributed by atoms with Gasteiger partial charge in [0, 0.05) is 11.6 Å². The van der Waals surface area contributed by atoms with E-state index in [4.69, 9.17) is 10.6 Å². The average Bonchev–Trinajstić information content (AvgIpc) is 2.89. The number of benzene rings is 1. The van der Waals surface area contributed by atoms with Crippen LogP contribution in [-0.4, -0.2) is 38.8 Å². The summed E-state index contributed by atoms with van der Waals surface area (Å²) in [6.07, 6.45) is 1.16. The third-order valence-corrected chi connectivity index (χ3v) is 4.01. The minimum Gasteiger partial charge on any atom is -0.489 e. The molecular weight excluding hydrogens is 323 g/mol. The Morgan fingerprint density at radius 3 is 2.91 bits per heavy atom. The van der Waals surface area contributed by atoms with Crippen LogP contribution in [0.4, 0.5) is 4.39 Å². The number of allylic oxidation sites excluding steroid dienone is 1. The lowest BCUT2D eigenvalue weighted by molar-refractivity contribution is -0.137. The third-order valence-electron chi connectivity index (χ3n) is 3.05. The third kappa shape index (κ3) is 3.24. The standard InChI is InChI=1S/C14H11FN4O3S/c15-9-3-1-2-8(4-9)13-17-18-14(19(13)16)23-7-10-5-11(20)12(21)6-22-10/h1-5H,6-7,16H2. The number of aromatic nitrogens is 3. The number of Topliss-reactive ketones (excluding diaryl/α,β-unsaturated/α-hetero) is 1. The van der Waals surface area contributed by atoms with E-state index in [9.17, 15) is 14.0 Å². The molecule has 1 aliphatic rings. The lowest BCUT2D eigenvalue weighted by atomic mass is 10.2. The predicted octanol–water partition coefficient (Wildman–Crippen LogP) is 0.942. The van der Waals surface area contributed by atoms with E-state index in [1.807, 2.05) is 0 Å². The smallest absolute Gasteiger partial charge is 0.240 e. The van der Waals surface area contributed by atoms with Gasteiger partial charge in [0.1, 0.15) is 11.6 Å². The molecule has 0 radical (unpaired) electrons. The molecule has 1 aromatic carbocycles. The number of thioether (sulfide) groups is 1. The molecule has 2 heterocycles. The summed E-state index contributed by atoms with van der Waals surface area (Å²) in [5.74, 6) is 5.32. The molecule has 0 bridgehead atoms. The molecule has 1 aromatic heterocycles. The van der Waals surface area contributed by atoms with Gasteiger partial charge < -0.3 is 10.6 Å². The van der Waals surface area contributed by atoms with Gasteiger partial charge in [0.05, 0.1) is 5.75 Å². The number of hydrogen-bond acceptors (Lipinski definition) is 7. The van der Waals surface area contributed by atoms with Crippen LogP contribution in [0.2, 0.25) is 0 Å². The molecule has 0 aliphatic carbocycles. The Balaban J connectivity index is 1.74. The maximum absolute atomic E-state index is 13.3. The number of ether oxygens (including phenoxy) is 1. The van der Waals surface area contributed by atoms with Crippen LogP contribution in [0.3, 0.4) is 0 Å². The van der Waals surface area contributed by atoms with E-state index in [1.165, 1.54) is 28.6 Å². The number of hydrogen-bond donors (Lipinski definition) is 1. The van der Waals surface area contributed by atoms with Crippen molar-refractivity contribution in [3.63, 3.8) is 0 Å². The van der Waals surface area contributed by atoms with E-state index in [0.717, 1.165) is 6.08 Å². The molecule has 3 rings (SSSR count). The first-order valence-corrected chi connectivity index (χ1v) is 7.53. The van der Waals surface area contributed by atoms with Gasteiger partial charge in [0.15, 0.2) is 12.4 Å². The lowest BCUT2D eigenvalue weighted by Gasteiger charge is -2.12. The van der Waals surface area contributed by atoms with E-state index in [1.54, 1.807) is 12.1 Å². The maximum atomic E-state index is 13.3. The van der Waals surface area contributed by atoms with Crippen LogP contribution in [0.25, 0.3) is 11.4 Å². The van der Waals surface area contributed by atoms with Gasteiger partial charge in [-0.25, -0.2) is 9.07 Å². The van der Waals surface area contributed by atoms with Crippen LogP contribution in [-0.2, 0) is 14.3 Å². The summed E-state index contributed by atoms with van der Waals surface area (Å²) in [5, 5.41) is 8.24. The zero-order valence-electron chi connectivity index (χ0n) is 11.7. The van der Waals surface area contributed by atoms with Crippen molar-refractivity contribution in [3.8, 4) is 11.4 Å². The number of nitrogens with two attached hydrogens (primary N) is 1. The molecule has 0 unspecified atom stereocenters. The van der Waals surface area contributed by atoms with Gasteiger partial charge in [-0.2, -0.15) is 0 Å². The van der Waals surface area contributed by atoms with E-state index >= 15 is 0 Å². The number of halogens is 1. The van der Waals surface area contributed by atoms with Gasteiger partial charge >= 0.3 is 0 Å². The molecule has 0 amide bonds. The first kappa shape index (κ1) is 15.2. The number of rotatable bonds is 4. The van der Waals surface area contributed by atoms with Crippen molar-refractivity contribution in [2.45, 2.75) is 5.16 Å². The predicted molar refractivity (Wildman–Crippen MR) is 80.3 cm³/mol. The topological polar surface area (TPSA) is 100 Å². The van der Waals surface area contributed by atoms with Crippen LogP contribution >= 0.6 is 11.8 Å². The van der Waals surface area contributed by atoms with Crippen LogP contribution in [0, 0.1) is 5.82 Å². The van der Waals surface area contributed by atoms with E-state index in [2.05, 4.69) is 10.2 Å². The van der Waals surface area contributed by atoms with Gasteiger partial charge in [-0.3, -0.25) is 9.59 Å². The minimum absolute atomic E-state index is 0.255. The Kier molecular flexibility index (Phi) is 4.11. The molecule has 118 valence electrons. The van der Waals surface area contributed by atoms with Crippen molar-refractivity contribution in [1.29, 1.82) is 0 Å². The number of nitrogens with zero attached hydrogens (tertiary/aromatic N) is 3. The summed E-state index contributed by atoms with van der Waals surface area (Å²) in [5.41, 5.74) is 0.501. The van der Waals surface area contributed by atoms with E-state index in [0.29, 0.717) is 22.3 Å². The van der Waals surface area contributed by atoms with Crippen LogP contribution in [0.1, 0.15) is 0 Å². The lowest BCUT2D eigenvalue weighted by Crippen LogP contribution is -2.23. The monoisotopic (exact) mass is 334 g/mol. The second-order valence-electron chi connectivity index (χ2n) is 4.66. The first-order chi connectivity index (χ1) is 11.0. The Bertz CT molecular complexity index is 818. The highest BCUT2D eigenvalue weighted by atomic mass is 32.2. The second kappa shape index (κ2) is 6.21. The van der Waals surface area contributed by atoms with Crippen LogP contribution < -0.4 is 5.84 Å². The van der Waals surface area contributed by atoms with E-state index in [-0.39, 0.29) is 12.4 Å². The molecule has 7 nitrogen and oxygen atoms in total. The Morgan fingerprint density at radius 2 is 2.17 bits per heavy atom. The normalized spacial score (nSPS) is 14.6. The zero-order chi connectivity index (χ0) is 16.4. The molecule has 2 aromatic rings. The summed E-state index contributed by atoms with van der Waals surface area (Å²) in [7, 11) is 0. The Morgan fingerprint density at radius 1 is 1.35 bits per heavy atom. The number of ketones is 2. The molecule has 0 spiro atoms. The first-order valence-electron chi connectivity index (χ1n) is 6.54. The highest BCUT2D eigenvalue weighted by molar-refractivity contribution is 7.99. The van der Waals surface area contributed by atoms with Crippen molar-refractivity contribution >= 4 is 23.3 Å². The summed E-state index contributed by atoms with van der Waals surface area (Å²) in [4.78, 5) is 22.3. The van der Waals surface area contributed by atoms with Gasteiger partial charge in [-0.15, -0.1) is 10.2 Å². The molecule has 0 saturated carbocycles. The number of carbonyl (C=O) groups excluding carboxylic acids is 2. The molecule has 1 aliphatic heterocycles. The fraction of sp³-hybridized carbons (Fsp3) is 0.143. The minimum atomic E-state index is -0.582. The highest BCUT2D eigenvalue weighted by Crippen LogP contribution is 2.24. The molecule has 0 fully saturated rings. The SMILES string of the molecule is Nn1c(SCC2=CC(=O)C(=O)CO2)nnc1-c1cccc(F)c1. The molecular formula is C14H11FN4O3S. The highest BCUT2D eigenvalue weighted by Gasteiger charge is 2.21. The van der Waals surface area contributed by atoms with Crippen molar-refractivity contribution < 1.29 is 18.7 Å². The second-order valence-corrected chi connectivity index (χ2v) is 5.60.